The highest BCUT2D eigenvalue weighted by atomic mass is 16.5. The van der Waals surface area contributed by atoms with Gasteiger partial charge in [-0.3, -0.25) is 24.0 Å². The predicted molar refractivity (Wildman–Crippen MR) is 118 cm³/mol. The quantitative estimate of drug-likeness (QED) is 0.172. The summed E-state index contributed by atoms with van der Waals surface area (Å²) in [5.74, 6) is -3.71. The van der Waals surface area contributed by atoms with Gasteiger partial charge in [0.2, 0.25) is 23.6 Å². The number of nitrogens with zero attached hydrogens (tertiary/aromatic N) is 1. The third kappa shape index (κ3) is 8.65. The Kier molecular flexibility index (Phi) is 11.3. The Morgan fingerprint density at radius 3 is 2.18 bits per heavy atom. The van der Waals surface area contributed by atoms with E-state index in [0.717, 1.165) is 0 Å². The fourth-order valence-corrected chi connectivity index (χ4v) is 3.49. The summed E-state index contributed by atoms with van der Waals surface area (Å²) in [4.78, 5) is 62.3. The third-order valence-corrected chi connectivity index (χ3v) is 5.47. The Bertz CT molecular complexity index is 725. The summed E-state index contributed by atoms with van der Waals surface area (Å²) in [6.07, 6.45) is 0.751. The lowest BCUT2D eigenvalue weighted by atomic mass is 9.73. The van der Waals surface area contributed by atoms with E-state index in [2.05, 4.69) is 20.7 Å². The zero-order valence-corrected chi connectivity index (χ0v) is 19.8. The van der Waals surface area contributed by atoms with Gasteiger partial charge in [0.25, 0.3) is 0 Å². The maximum absolute atomic E-state index is 12.9. The first-order valence-corrected chi connectivity index (χ1v) is 11.0. The van der Waals surface area contributed by atoms with Crippen molar-refractivity contribution in [3.8, 4) is 0 Å². The van der Waals surface area contributed by atoms with Gasteiger partial charge < -0.3 is 35.6 Å². The van der Waals surface area contributed by atoms with Gasteiger partial charge in [-0.1, -0.05) is 13.8 Å². The summed E-state index contributed by atoms with van der Waals surface area (Å²) in [5, 5.41) is 26.5. The topological polar surface area (TPSA) is 174 Å². The van der Waals surface area contributed by atoms with Crippen LogP contribution in [0.15, 0.2) is 0 Å². The largest absolute Gasteiger partial charge is 0.475 e. The van der Waals surface area contributed by atoms with Gasteiger partial charge in [0.15, 0.2) is 0 Å². The van der Waals surface area contributed by atoms with Crippen molar-refractivity contribution < 1.29 is 38.8 Å². The van der Waals surface area contributed by atoms with E-state index in [1.807, 2.05) is 0 Å². The minimum Gasteiger partial charge on any atom is -0.469 e. The molecule has 186 valence electrons. The average Bonchev–Trinajstić information content (AvgIpc) is 3.24. The molecule has 1 fully saturated rings. The minimum absolute atomic E-state index is 0.116. The first-order valence-electron chi connectivity index (χ1n) is 11.0. The minimum atomic E-state index is -1.73. The molecule has 1 saturated heterocycles. The van der Waals surface area contributed by atoms with Crippen LogP contribution in [0.1, 0.15) is 53.4 Å². The van der Waals surface area contributed by atoms with E-state index >= 15 is 0 Å². The second-order valence-electron chi connectivity index (χ2n) is 8.48. The van der Waals surface area contributed by atoms with Gasteiger partial charge >= 0.3 is 13.1 Å². The molecule has 5 N–H and O–H groups in total. The van der Waals surface area contributed by atoms with Crippen LogP contribution >= 0.6 is 0 Å². The van der Waals surface area contributed by atoms with E-state index in [1.165, 1.54) is 25.9 Å². The molecular weight excluding hydrogens is 435 g/mol. The van der Waals surface area contributed by atoms with E-state index in [-0.39, 0.29) is 18.8 Å². The van der Waals surface area contributed by atoms with Crippen molar-refractivity contribution in [2.45, 2.75) is 77.4 Å². The molecule has 0 saturated carbocycles. The zero-order chi connectivity index (χ0) is 25.3. The van der Waals surface area contributed by atoms with Crippen LogP contribution in [0.25, 0.3) is 0 Å². The number of methoxy groups -OCH3 is 1. The lowest BCUT2D eigenvalue weighted by Gasteiger charge is -2.30. The van der Waals surface area contributed by atoms with E-state index in [1.54, 1.807) is 13.8 Å². The first kappa shape index (κ1) is 28.4. The van der Waals surface area contributed by atoms with Crippen molar-refractivity contribution in [2.75, 3.05) is 13.7 Å². The number of esters is 1. The van der Waals surface area contributed by atoms with E-state index < -0.39 is 60.8 Å². The highest BCUT2D eigenvalue weighted by Crippen LogP contribution is 2.19. The van der Waals surface area contributed by atoms with Crippen molar-refractivity contribution >= 4 is 36.7 Å². The lowest BCUT2D eigenvalue weighted by molar-refractivity contribution is -0.142. The fourth-order valence-electron chi connectivity index (χ4n) is 3.49. The Morgan fingerprint density at radius 2 is 1.64 bits per heavy atom. The van der Waals surface area contributed by atoms with Crippen LogP contribution in [0, 0.1) is 5.92 Å². The standard InChI is InChI=1S/C20H35BN4O8/c1-11(2)17(21(31)32)24-19(29)14-7-6-10-25(14)20(30)13(4)23-18(28)12(3)22-15(26)8-9-16(27)33-5/h11-14,17,31-32H,6-10H2,1-5H3,(H,22,26)(H,23,28)(H,24,29)/t12-,13-,14-,17?/m0/s1. The van der Waals surface area contributed by atoms with Crippen molar-refractivity contribution in [2.24, 2.45) is 5.92 Å². The molecule has 33 heavy (non-hydrogen) atoms. The van der Waals surface area contributed by atoms with Crippen molar-refractivity contribution in [3.05, 3.63) is 0 Å². The molecule has 12 nitrogen and oxygen atoms in total. The summed E-state index contributed by atoms with van der Waals surface area (Å²) in [5.41, 5.74) is 0. The third-order valence-electron chi connectivity index (χ3n) is 5.47. The highest BCUT2D eigenvalue weighted by molar-refractivity contribution is 6.43. The van der Waals surface area contributed by atoms with Crippen LogP contribution in [0.4, 0.5) is 0 Å². The second-order valence-corrected chi connectivity index (χ2v) is 8.48. The molecule has 4 atom stereocenters. The molecule has 1 rings (SSSR count). The first-order chi connectivity index (χ1) is 15.4. The van der Waals surface area contributed by atoms with Gasteiger partial charge in [0.1, 0.15) is 18.1 Å². The number of carbonyl (C=O) groups is 5. The van der Waals surface area contributed by atoms with E-state index in [9.17, 15) is 34.0 Å². The molecule has 0 radical (unpaired) electrons. The van der Waals surface area contributed by atoms with Crippen molar-refractivity contribution in [3.63, 3.8) is 0 Å². The second kappa shape index (κ2) is 13.1. The maximum Gasteiger partial charge on any atom is 0.475 e. The highest BCUT2D eigenvalue weighted by Gasteiger charge is 2.39. The smallest absolute Gasteiger partial charge is 0.469 e. The maximum atomic E-state index is 12.9. The zero-order valence-electron chi connectivity index (χ0n) is 19.8. The average molecular weight is 470 g/mol. The van der Waals surface area contributed by atoms with E-state index in [4.69, 9.17) is 0 Å². The molecular formula is C20H35BN4O8. The number of rotatable bonds is 11. The summed E-state index contributed by atoms with van der Waals surface area (Å²) in [7, 11) is -0.524. The van der Waals surface area contributed by atoms with Crippen molar-refractivity contribution in [1.29, 1.82) is 0 Å². The molecule has 1 aliphatic heterocycles. The molecule has 0 aliphatic carbocycles. The Morgan fingerprint density at radius 1 is 1.00 bits per heavy atom. The molecule has 0 bridgehead atoms. The number of carbonyl (C=O) groups excluding carboxylic acids is 5. The van der Waals surface area contributed by atoms with Crippen LogP contribution < -0.4 is 16.0 Å². The number of nitrogens with one attached hydrogen (secondary N) is 3. The number of ether oxygens (including phenoxy) is 1. The van der Waals surface area contributed by atoms with Gasteiger partial charge in [-0.05, 0) is 32.6 Å². The number of likely N-dealkylation sites (tertiary alicyclic amines) is 1. The molecule has 0 aromatic heterocycles. The van der Waals surface area contributed by atoms with Gasteiger partial charge in [-0.15, -0.1) is 0 Å². The Labute approximate surface area is 193 Å². The molecule has 1 heterocycles. The van der Waals surface area contributed by atoms with E-state index in [0.29, 0.717) is 19.4 Å². The number of amides is 4. The molecule has 1 unspecified atom stereocenters. The van der Waals surface area contributed by atoms with Gasteiger partial charge in [-0.25, -0.2) is 0 Å². The molecule has 4 amide bonds. The molecule has 1 aliphatic rings. The van der Waals surface area contributed by atoms with Gasteiger partial charge in [0, 0.05) is 13.0 Å². The van der Waals surface area contributed by atoms with Crippen LogP contribution in [0.3, 0.4) is 0 Å². The summed E-state index contributed by atoms with van der Waals surface area (Å²) < 4.78 is 4.46. The molecule has 0 aromatic rings. The van der Waals surface area contributed by atoms with Crippen LogP contribution in [0.5, 0.6) is 0 Å². The SMILES string of the molecule is COC(=O)CCC(=O)N[C@@H](C)C(=O)N[C@@H](C)C(=O)N1CCC[C@H]1C(=O)NC(B(O)O)C(C)C. The van der Waals surface area contributed by atoms with Crippen molar-refractivity contribution in [1.82, 2.24) is 20.9 Å². The monoisotopic (exact) mass is 470 g/mol. The van der Waals surface area contributed by atoms with Crippen LogP contribution in [-0.4, -0.2) is 89.4 Å². The summed E-state index contributed by atoms with van der Waals surface area (Å²) in [6.45, 7) is 6.71. The molecule has 0 spiro atoms. The number of hydrogen-bond donors (Lipinski definition) is 5. The summed E-state index contributed by atoms with van der Waals surface area (Å²) >= 11 is 0. The Balaban J connectivity index is 2.65. The Hall–Kier alpha value is -2.67. The molecule has 0 aromatic carbocycles. The molecule has 13 heteroatoms. The van der Waals surface area contributed by atoms with Gasteiger partial charge in [-0.2, -0.15) is 0 Å². The fraction of sp³-hybridized carbons (Fsp3) is 0.750. The predicted octanol–water partition coefficient (Wildman–Crippen LogP) is -1.91. The van der Waals surface area contributed by atoms with Crippen LogP contribution in [0.2, 0.25) is 0 Å². The van der Waals surface area contributed by atoms with Gasteiger partial charge in [0.05, 0.1) is 19.5 Å². The number of hydrogen-bond acceptors (Lipinski definition) is 8. The van der Waals surface area contributed by atoms with Crippen LogP contribution in [-0.2, 0) is 28.7 Å². The lowest BCUT2D eigenvalue weighted by Crippen LogP contribution is -2.58. The summed E-state index contributed by atoms with van der Waals surface area (Å²) in [6, 6.07) is -2.68. The normalized spacial score (nSPS) is 18.2.